The van der Waals surface area contributed by atoms with Crippen LogP contribution < -0.4 is 5.32 Å². The minimum atomic E-state index is 0.698. The summed E-state index contributed by atoms with van der Waals surface area (Å²) in [4.78, 5) is 0. The molecule has 1 heterocycles. The predicted molar refractivity (Wildman–Crippen MR) is 45.3 cm³/mol. The van der Waals surface area contributed by atoms with E-state index in [1.807, 2.05) is 0 Å². The summed E-state index contributed by atoms with van der Waals surface area (Å²) in [5.74, 6) is 3.04. The topological polar surface area (TPSA) is 12.0 Å². The van der Waals surface area contributed by atoms with Crippen molar-refractivity contribution < 1.29 is 0 Å². The highest BCUT2D eigenvalue weighted by molar-refractivity contribution is 5.14. The molecular weight excluding hydrogens is 134 g/mol. The molecule has 3 aliphatic rings. The van der Waals surface area contributed by atoms with Crippen LogP contribution in [-0.2, 0) is 0 Å². The molecule has 2 bridgehead atoms. The lowest BCUT2D eigenvalue weighted by atomic mass is 9.74. The molecule has 0 radical (unpaired) electrons. The molecule has 0 aromatic heterocycles. The first kappa shape index (κ1) is 6.47. The molecule has 0 spiro atoms. The second-order valence-corrected chi connectivity index (χ2v) is 5.15. The fourth-order valence-electron chi connectivity index (χ4n) is 4.11. The lowest BCUT2D eigenvalue weighted by Gasteiger charge is -2.32. The maximum absolute atomic E-state index is 3.70. The second kappa shape index (κ2) is 1.66. The van der Waals surface area contributed by atoms with Crippen molar-refractivity contribution in [3.63, 3.8) is 0 Å². The average Bonchev–Trinajstić information content (AvgIpc) is 2.40. The number of hydrogen-bond donors (Lipinski definition) is 1. The van der Waals surface area contributed by atoms with Crippen LogP contribution in [0.1, 0.15) is 26.7 Å². The highest BCUT2D eigenvalue weighted by atomic mass is 15.0. The van der Waals surface area contributed by atoms with E-state index in [-0.39, 0.29) is 0 Å². The van der Waals surface area contributed by atoms with Gasteiger partial charge in [0.1, 0.15) is 0 Å². The summed E-state index contributed by atoms with van der Waals surface area (Å²) in [6.07, 6.45) is 3.03. The Morgan fingerprint density at radius 3 is 2.91 bits per heavy atom. The lowest BCUT2D eigenvalue weighted by molar-refractivity contribution is 0.206. The van der Waals surface area contributed by atoms with Gasteiger partial charge in [0.15, 0.2) is 0 Å². The summed E-state index contributed by atoms with van der Waals surface area (Å²) < 4.78 is 0. The van der Waals surface area contributed by atoms with E-state index < -0.39 is 0 Å². The summed E-state index contributed by atoms with van der Waals surface area (Å²) >= 11 is 0. The maximum Gasteiger partial charge on any atom is 0.0152 e. The van der Waals surface area contributed by atoms with Gasteiger partial charge in [0, 0.05) is 6.04 Å². The molecule has 0 amide bonds. The Balaban J connectivity index is 2.07. The predicted octanol–water partition coefficient (Wildman–Crippen LogP) is 1.64. The Bertz CT molecular complexity index is 201. The zero-order chi connectivity index (χ0) is 7.64. The molecule has 2 saturated carbocycles. The van der Waals surface area contributed by atoms with Crippen molar-refractivity contribution in [2.75, 3.05) is 6.54 Å². The van der Waals surface area contributed by atoms with E-state index >= 15 is 0 Å². The van der Waals surface area contributed by atoms with Crippen LogP contribution in [0.5, 0.6) is 0 Å². The van der Waals surface area contributed by atoms with Crippen molar-refractivity contribution in [2.24, 2.45) is 23.2 Å². The van der Waals surface area contributed by atoms with E-state index in [0.29, 0.717) is 5.41 Å². The molecule has 1 saturated heterocycles. The van der Waals surface area contributed by atoms with Crippen molar-refractivity contribution in [3.8, 4) is 0 Å². The first-order chi connectivity index (χ1) is 5.22. The van der Waals surface area contributed by atoms with Crippen molar-refractivity contribution in [2.45, 2.75) is 32.7 Å². The molecule has 5 unspecified atom stereocenters. The van der Waals surface area contributed by atoms with Gasteiger partial charge in [-0.05, 0) is 42.6 Å². The minimum Gasteiger partial charge on any atom is -0.313 e. The summed E-state index contributed by atoms with van der Waals surface area (Å²) in [5, 5.41) is 3.70. The first-order valence-electron chi connectivity index (χ1n) is 4.95. The fraction of sp³-hybridized carbons (Fsp3) is 1.00. The van der Waals surface area contributed by atoms with Crippen LogP contribution >= 0.6 is 0 Å². The molecule has 1 nitrogen and oxygen atoms in total. The van der Waals surface area contributed by atoms with Crippen LogP contribution in [0.4, 0.5) is 0 Å². The molecule has 2 aliphatic carbocycles. The van der Waals surface area contributed by atoms with E-state index in [1.165, 1.54) is 19.4 Å². The van der Waals surface area contributed by atoms with Crippen LogP contribution in [0.3, 0.4) is 0 Å². The third-order valence-electron chi connectivity index (χ3n) is 4.79. The van der Waals surface area contributed by atoms with Gasteiger partial charge in [-0.2, -0.15) is 0 Å². The SMILES string of the molecule is CC1C2CC3CNC1C3(C)C2. The molecule has 11 heavy (non-hydrogen) atoms. The molecule has 1 aliphatic heterocycles. The van der Waals surface area contributed by atoms with E-state index in [0.717, 1.165) is 23.8 Å². The normalized spacial score (nSPS) is 66.0. The number of nitrogens with one attached hydrogen (secondary N) is 1. The molecule has 1 N–H and O–H groups in total. The zero-order valence-electron chi connectivity index (χ0n) is 7.43. The van der Waals surface area contributed by atoms with Gasteiger partial charge in [0.2, 0.25) is 0 Å². The molecule has 62 valence electrons. The largest absolute Gasteiger partial charge is 0.313 e. The van der Waals surface area contributed by atoms with Crippen LogP contribution in [0.15, 0.2) is 0 Å². The van der Waals surface area contributed by atoms with Gasteiger partial charge < -0.3 is 5.32 Å². The van der Waals surface area contributed by atoms with E-state index in [1.54, 1.807) is 0 Å². The summed E-state index contributed by atoms with van der Waals surface area (Å²) in [7, 11) is 0. The smallest absolute Gasteiger partial charge is 0.0152 e. The Morgan fingerprint density at radius 1 is 1.45 bits per heavy atom. The molecule has 0 aromatic rings. The standard InChI is InChI=1S/C10H17N/c1-6-7-3-8-5-11-9(6)10(8,2)4-7/h6-9,11H,3-5H2,1-2H3. The second-order valence-electron chi connectivity index (χ2n) is 5.15. The minimum absolute atomic E-state index is 0.698. The third-order valence-corrected chi connectivity index (χ3v) is 4.79. The molecule has 0 aromatic carbocycles. The number of fused-ring (bicyclic) bond motifs is 1. The Kier molecular flexibility index (Phi) is 0.976. The van der Waals surface area contributed by atoms with E-state index in [2.05, 4.69) is 19.2 Å². The van der Waals surface area contributed by atoms with Crippen molar-refractivity contribution >= 4 is 0 Å². The Morgan fingerprint density at radius 2 is 2.27 bits per heavy atom. The Hall–Kier alpha value is -0.0400. The fourth-order valence-corrected chi connectivity index (χ4v) is 4.11. The highest BCUT2D eigenvalue weighted by Crippen LogP contribution is 2.62. The summed E-state index contributed by atoms with van der Waals surface area (Å²) in [6.45, 7) is 6.25. The third kappa shape index (κ3) is 0.547. The van der Waals surface area contributed by atoms with Gasteiger partial charge in [-0.3, -0.25) is 0 Å². The maximum atomic E-state index is 3.70. The quantitative estimate of drug-likeness (QED) is 0.555. The van der Waals surface area contributed by atoms with Gasteiger partial charge in [-0.25, -0.2) is 0 Å². The van der Waals surface area contributed by atoms with Gasteiger partial charge in [-0.15, -0.1) is 0 Å². The van der Waals surface area contributed by atoms with Gasteiger partial charge in [-0.1, -0.05) is 13.8 Å². The summed E-state index contributed by atoms with van der Waals surface area (Å²) in [5.41, 5.74) is 0.698. The van der Waals surface area contributed by atoms with Crippen LogP contribution in [-0.4, -0.2) is 12.6 Å². The van der Waals surface area contributed by atoms with Gasteiger partial charge in [0.05, 0.1) is 0 Å². The Labute approximate surface area is 68.6 Å². The monoisotopic (exact) mass is 151 g/mol. The van der Waals surface area contributed by atoms with Crippen LogP contribution in [0, 0.1) is 23.2 Å². The van der Waals surface area contributed by atoms with E-state index in [9.17, 15) is 0 Å². The molecule has 3 rings (SSSR count). The van der Waals surface area contributed by atoms with Gasteiger partial charge >= 0.3 is 0 Å². The molecule has 5 atom stereocenters. The molecule has 1 heteroatoms. The van der Waals surface area contributed by atoms with Crippen molar-refractivity contribution in [3.05, 3.63) is 0 Å². The summed E-state index contributed by atoms with van der Waals surface area (Å²) in [6, 6.07) is 0.867. The first-order valence-corrected chi connectivity index (χ1v) is 4.95. The lowest BCUT2D eigenvalue weighted by Crippen LogP contribution is -2.37. The molecule has 3 fully saturated rings. The number of rotatable bonds is 0. The van der Waals surface area contributed by atoms with Gasteiger partial charge in [0.25, 0.3) is 0 Å². The molecular formula is C10H17N. The highest BCUT2D eigenvalue weighted by Gasteiger charge is 2.61. The van der Waals surface area contributed by atoms with Crippen LogP contribution in [0.2, 0.25) is 0 Å². The van der Waals surface area contributed by atoms with Crippen molar-refractivity contribution in [1.82, 2.24) is 5.32 Å². The van der Waals surface area contributed by atoms with Crippen molar-refractivity contribution in [1.29, 1.82) is 0 Å². The zero-order valence-corrected chi connectivity index (χ0v) is 7.43. The number of hydrogen-bond acceptors (Lipinski definition) is 1. The average molecular weight is 151 g/mol. The van der Waals surface area contributed by atoms with Crippen LogP contribution in [0.25, 0.3) is 0 Å². The van der Waals surface area contributed by atoms with E-state index in [4.69, 9.17) is 0 Å².